The fourth-order valence-corrected chi connectivity index (χ4v) is 4.95. The molecule has 1 atom stereocenters. The second-order valence-electron chi connectivity index (χ2n) is 6.71. The number of nitrogens with zero attached hydrogens (tertiary/aromatic N) is 2. The van der Waals surface area contributed by atoms with Gasteiger partial charge in [0.2, 0.25) is 5.91 Å². The molecule has 136 valence electrons. The SMILES string of the molecule is Cc1ccc(NC(=O)N2CCN(C(=O)[C@@H]3CCS(=O)(=O)C3)CC2)cc1. The predicted molar refractivity (Wildman–Crippen MR) is 95.1 cm³/mol. The Hall–Kier alpha value is -2.09. The molecule has 1 aromatic carbocycles. The van der Waals surface area contributed by atoms with Crippen LogP contribution in [-0.2, 0) is 14.6 Å². The van der Waals surface area contributed by atoms with Gasteiger partial charge in [0, 0.05) is 31.9 Å². The molecule has 0 radical (unpaired) electrons. The van der Waals surface area contributed by atoms with Gasteiger partial charge in [0.25, 0.3) is 0 Å². The van der Waals surface area contributed by atoms with Gasteiger partial charge in [0.1, 0.15) is 0 Å². The summed E-state index contributed by atoms with van der Waals surface area (Å²) >= 11 is 0. The number of sulfone groups is 1. The maximum absolute atomic E-state index is 12.4. The van der Waals surface area contributed by atoms with E-state index in [1.165, 1.54) is 0 Å². The van der Waals surface area contributed by atoms with Crippen molar-refractivity contribution >= 4 is 27.5 Å². The molecule has 8 heteroatoms. The molecule has 0 saturated carbocycles. The first-order valence-corrected chi connectivity index (χ1v) is 10.3. The van der Waals surface area contributed by atoms with Crippen molar-refractivity contribution in [3.8, 4) is 0 Å². The van der Waals surface area contributed by atoms with Crippen molar-refractivity contribution in [1.29, 1.82) is 0 Å². The number of carbonyl (C=O) groups is 2. The standard InChI is InChI=1S/C17H23N3O4S/c1-13-2-4-15(5-3-13)18-17(22)20-9-7-19(8-10-20)16(21)14-6-11-25(23,24)12-14/h2-5,14H,6-12H2,1H3,(H,18,22)/t14-/m1/s1. The maximum atomic E-state index is 12.4. The lowest BCUT2D eigenvalue weighted by atomic mass is 10.1. The summed E-state index contributed by atoms with van der Waals surface area (Å²) in [6.45, 7) is 3.76. The summed E-state index contributed by atoms with van der Waals surface area (Å²) in [5.74, 6) is -0.458. The first-order valence-electron chi connectivity index (χ1n) is 8.46. The van der Waals surface area contributed by atoms with Crippen LogP contribution in [0.25, 0.3) is 0 Å². The Balaban J connectivity index is 1.50. The van der Waals surface area contributed by atoms with Crippen LogP contribution in [0.3, 0.4) is 0 Å². The fraction of sp³-hybridized carbons (Fsp3) is 0.529. The van der Waals surface area contributed by atoms with Gasteiger partial charge in [-0.3, -0.25) is 4.79 Å². The van der Waals surface area contributed by atoms with Gasteiger partial charge >= 0.3 is 6.03 Å². The van der Waals surface area contributed by atoms with Gasteiger partial charge in [-0.05, 0) is 25.5 Å². The monoisotopic (exact) mass is 365 g/mol. The Bertz CT molecular complexity index is 753. The number of benzene rings is 1. The molecular formula is C17H23N3O4S. The van der Waals surface area contributed by atoms with Gasteiger partial charge in [-0.15, -0.1) is 0 Å². The van der Waals surface area contributed by atoms with E-state index in [9.17, 15) is 18.0 Å². The van der Waals surface area contributed by atoms with Crippen molar-refractivity contribution in [1.82, 2.24) is 9.80 Å². The smallest absolute Gasteiger partial charge is 0.321 e. The van der Waals surface area contributed by atoms with Crippen LogP contribution in [0, 0.1) is 12.8 Å². The molecule has 0 aliphatic carbocycles. The van der Waals surface area contributed by atoms with Crippen LogP contribution in [0.2, 0.25) is 0 Å². The Morgan fingerprint density at radius 3 is 2.20 bits per heavy atom. The Morgan fingerprint density at radius 1 is 1.04 bits per heavy atom. The second kappa shape index (κ2) is 7.03. The number of nitrogens with one attached hydrogen (secondary N) is 1. The lowest BCUT2D eigenvalue weighted by molar-refractivity contribution is -0.136. The van der Waals surface area contributed by atoms with Crippen LogP contribution in [0.4, 0.5) is 10.5 Å². The van der Waals surface area contributed by atoms with Gasteiger partial charge in [0.05, 0.1) is 17.4 Å². The summed E-state index contributed by atoms with van der Waals surface area (Å²) in [5.41, 5.74) is 1.87. The van der Waals surface area contributed by atoms with Gasteiger partial charge in [-0.2, -0.15) is 0 Å². The van der Waals surface area contributed by atoms with Crippen molar-refractivity contribution < 1.29 is 18.0 Å². The first kappa shape index (κ1) is 17.7. The number of amides is 3. The Morgan fingerprint density at radius 2 is 1.64 bits per heavy atom. The molecule has 2 saturated heterocycles. The minimum atomic E-state index is -3.06. The summed E-state index contributed by atoms with van der Waals surface area (Å²) in [7, 11) is -3.06. The number of rotatable bonds is 2. The number of anilines is 1. The molecule has 0 unspecified atom stereocenters. The molecule has 0 bridgehead atoms. The van der Waals surface area contributed by atoms with Crippen LogP contribution >= 0.6 is 0 Å². The van der Waals surface area contributed by atoms with Crippen molar-refractivity contribution in [2.45, 2.75) is 13.3 Å². The number of hydrogen-bond acceptors (Lipinski definition) is 4. The lowest BCUT2D eigenvalue weighted by Crippen LogP contribution is -2.53. The van der Waals surface area contributed by atoms with E-state index in [1.807, 2.05) is 31.2 Å². The van der Waals surface area contributed by atoms with Gasteiger partial charge < -0.3 is 15.1 Å². The number of hydrogen-bond donors (Lipinski definition) is 1. The zero-order chi connectivity index (χ0) is 18.0. The summed E-state index contributed by atoms with van der Waals surface area (Å²) < 4.78 is 23.1. The average Bonchev–Trinajstić information content (AvgIpc) is 2.96. The highest BCUT2D eigenvalue weighted by atomic mass is 32.2. The van der Waals surface area contributed by atoms with E-state index < -0.39 is 15.8 Å². The predicted octanol–water partition coefficient (Wildman–Crippen LogP) is 1.11. The van der Waals surface area contributed by atoms with Crippen molar-refractivity contribution in [2.75, 3.05) is 43.0 Å². The molecule has 25 heavy (non-hydrogen) atoms. The van der Waals surface area contributed by atoms with Crippen molar-refractivity contribution in [3.05, 3.63) is 29.8 Å². The molecule has 3 rings (SSSR count). The molecule has 7 nitrogen and oxygen atoms in total. The molecular weight excluding hydrogens is 342 g/mol. The van der Waals surface area contributed by atoms with Gasteiger partial charge in [-0.1, -0.05) is 17.7 Å². The molecule has 2 heterocycles. The van der Waals surface area contributed by atoms with Crippen molar-refractivity contribution in [2.24, 2.45) is 5.92 Å². The molecule has 2 aliphatic heterocycles. The van der Waals surface area contributed by atoms with Gasteiger partial charge in [-0.25, -0.2) is 13.2 Å². The molecule has 1 aromatic rings. The molecule has 2 aliphatic rings. The fourth-order valence-electron chi connectivity index (χ4n) is 3.22. The molecule has 2 fully saturated rings. The third kappa shape index (κ3) is 4.31. The highest BCUT2D eigenvalue weighted by molar-refractivity contribution is 7.91. The topological polar surface area (TPSA) is 86.8 Å². The third-order valence-corrected chi connectivity index (χ3v) is 6.53. The number of piperazine rings is 1. The second-order valence-corrected chi connectivity index (χ2v) is 8.94. The molecule has 0 spiro atoms. The first-order chi connectivity index (χ1) is 11.8. The zero-order valence-electron chi connectivity index (χ0n) is 14.3. The van der Waals surface area contributed by atoms with E-state index >= 15 is 0 Å². The minimum Gasteiger partial charge on any atom is -0.339 e. The quantitative estimate of drug-likeness (QED) is 0.850. The van der Waals surface area contributed by atoms with Crippen LogP contribution in [0.15, 0.2) is 24.3 Å². The molecule has 1 N–H and O–H groups in total. The lowest BCUT2D eigenvalue weighted by Gasteiger charge is -2.35. The summed E-state index contributed by atoms with van der Waals surface area (Å²) in [6.07, 6.45) is 0.412. The zero-order valence-corrected chi connectivity index (χ0v) is 15.1. The van der Waals surface area contributed by atoms with Crippen LogP contribution in [-0.4, -0.2) is 67.8 Å². The highest BCUT2D eigenvalue weighted by Crippen LogP contribution is 2.21. The van der Waals surface area contributed by atoms with Gasteiger partial charge in [0.15, 0.2) is 9.84 Å². The minimum absolute atomic E-state index is 0.0417. The third-order valence-electron chi connectivity index (χ3n) is 4.76. The summed E-state index contributed by atoms with van der Waals surface area (Å²) in [6, 6.07) is 7.39. The maximum Gasteiger partial charge on any atom is 0.321 e. The Labute approximate surface area is 147 Å². The Kier molecular flexibility index (Phi) is 4.99. The van der Waals surface area contributed by atoms with E-state index in [0.717, 1.165) is 11.3 Å². The van der Waals surface area contributed by atoms with Crippen LogP contribution in [0.5, 0.6) is 0 Å². The number of urea groups is 1. The normalized spacial score (nSPS) is 22.7. The van der Waals surface area contributed by atoms with E-state index in [4.69, 9.17) is 0 Å². The van der Waals surface area contributed by atoms with E-state index in [0.29, 0.717) is 32.6 Å². The van der Waals surface area contributed by atoms with Crippen LogP contribution < -0.4 is 5.32 Å². The number of carbonyl (C=O) groups excluding carboxylic acids is 2. The number of aryl methyl sites for hydroxylation is 1. The van der Waals surface area contributed by atoms with Crippen molar-refractivity contribution in [3.63, 3.8) is 0 Å². The molecule has 0 aromatic heterocycles. The van der Waals surface area contributed by atoms with Crippen LogP contribution in [0.1, 0.15) is 12.0 Å². The van der Waals surface area contributed by atoms with E-state index in [1.54, 1.807) is 9.80 Å². The van der Waals surface area contributed by atoms with E-state index in [-0.39, 0.29) is 23.4 Å². The largest absolute Gasteiger partial charge is 0.339 e. The summed E-state index contributed by atoms with van der Waals surface area (Å²) in [4.78, 5) is 28.1. The van der Waals surface area contributed by atoms with E-state index in [2.05, 4.69) is 5.32 Å². The highest BCUT2D eigenvalue weighted by Gasteiger charge is 2.36. The average molecular weight is 365 g/mol. The summed E-state index contributed by atoms with van der Waals surface area (Å²) in [5, 5.41) is 2.85. The molecule has 3 amide bonds.